The van der Waals surface area contributed by atoms with Gasteiger partial charge in [-0.2, -0.15) is 0 Å². The zero-order valence-corrected chi connectivity index (χ0v) is 7.57. The van der Waals surface area contributed by atoms with E-state index in [1.54, 1.807) is 12.1 Å². The van der Waals surface area contributed by atoms with Crippen molar-refractivity contribution >= 4 is 11.4 Å². The summed E-state index contributed by atoms with van der Waals surface area (Å²) in [7, 11) is 0. The van der Waals surface area contributed by atoms with Gasteiger partial charge in [-0.05, 0) is 12.1 Å². The van der Waals surface area contributed by atoms with Gasteiger partial charge in [0.1, 0.15) is 0 Å². The first kappa shape index (κ1) is 9.13. The molecule has 0 saturated heterocycles. The van der Waals surface area contributed by atoms with Crippen LogP contribution in [-0.2, 0) is 0 Å². The van der Waals surface area contributed by atoms with E-state index in [1.165, 1.54) is 29.4 Å². The van der Waals surface area contributed by atoms with E-state index in [2.05, 4.69) is 15.6 Å². The fraction of sp³-hybridized carbons (Fsp3) is 0. The maximum absolute atomic E-state index is 10.4. The predicted octanol–water partition coefficient (Wildman–Crippen LogP) is 1.06. The molecule has 0 fully saturated rings. The van der Waals surface area contributed by atoms with Gasteiger partial charge in [0.2, 0.25) is 0 Å². The Labute approximate surface area is 84.5 Å². The summed E-state index contributed by atoms with van der Waals surface area (Å²) in [5.74, 6) is 0. The third kappa shape index (κ3) is 2.08. The van der Waals surface area contributed by atoms with Crippen molar-refractivity contribution in [1.29, 1.82) is 0 Å². The molecule has 0 aliphatic heterocycles. The fourth-order valence-corrected chi connectivity index (χ4v) is 1.05. The number of hydrogen-bond acceptors (Lipinski definition) is 5. The highest BCUT2D eigenvalue weighted by atomic mass is 16.6. The van der Waals surface area contributed by atoms with Crippen LogP contribution in [-0.4, -0.2) is 20.0 Å². The zero-order valence-electron chi connectivity index (χ0n) is 7.57. The minimum Gasteiger partial charge on any atom is -0.261 e. The molecule has 0 spiro atoms. The van der Waals surface area contributed by atoms with Crippen molar-refractivity contribution in [2.24, 2.45) is 0 Å². The van der Waals surface area contributed by atoms with Crippen molar-refractivity contribution in [3.63, 3.8) is 0 Å². The normalized spacial score (nSPS) is 9.87. The van der Waals surface area contributed by atoms with Crippen molar-refractivity contribution in [3.8, 4) is 0 Å². The van der Waals surface area contributed by atoms with Crippen LogP contribution in [0.3, 0.4) is 0 Å². The molecule has 0 aliphatic rings. The molecule has 0 unspecified atom stereocenters. The van der Waals surface area contributed by atoms with Crippen LogP contribution in [0.25, 0.3) is 0 Å². The molecule has 2 aromatic rings. The predicted molar refractivity (Wildman–Crippen MR) is 52.1 cm³/mol. The Morgan fingerprint density at radius 3 is 2.33 bits per heavy atom. The second kappa shape index (κ2) is 3.74. The van der Waals surface area contributed by atoms with E-state index in [-0.39, 0.29) is 5.69 Å². The average molecular weight is 205 g/mol. The smallest absolute Gasteiger partial charge is 0.261 e. The molecule has 0 saturated carbocycles. The Bertz CT molecular complexity index is 450. The minimum absolute atomic E-state index is 0.0500. The molecule has 0 radical (unpaired) electrons. The van der Waals surface area contributed by atoms with E-state index in [0.29, 0.717) is 5.69 Å². The number of nitro groups is 1. The first-order valence-electron chi connectivity index (χ1n) is 4.13. The summed E-state index contributed by atoms with van der Waals surface area (Å²) in [6, 6.07) is 5.99. The molecule has 7 nitrogen and oxygen atoms in total. The molecule has 1 N–H and O–H groups in total. The number of aromatic nitrogens is 3. The second-order valence-electron chi connectivity index (χ2n) is 2.73. The Morgan fingerprint density at radius 2 is 1.80 bits per heavy atom. The minimum atomic E-state index is -0.448. The van der Waals surface area contributed by atoms with Gasteiger partial charge in [-0.3, -0.25) is 15.5 Å². The number of rotatable bonds is 3. The van der Waals surface area contributed by atoms with Crippen LogP contribution in [0.2, 0.25) is 0 Å². The molecule has 0 aliphatic carbocycles. The van der Waals surface area contributed by atoms with Gasteiger partial charge in [0, 0.05) is 12.1 Å². The van der Waals surface area contributed by atoms with Crippen molar-refractivity contribution in [1.82, 2.24) is 15.1 Å². The summed E-state index contributed by atoms with van der Waals surface area (Å²) in [5.41, 5.74) is 3.55. The van der Waals surface area contributed by atoms with E-state index in [0.717, 1.165) is 0 Å². The number of nitrogens with zero attached hydrogens (tertiary/aromatic N) is 4. The largest absolute Gasteiger partial charge is 0.269 e. The van der Waals surface area contributed by atoms with Gasteiger partial charge in [0.25, 0.3) is 5.69 Å². The molecule has 2 rings (SSSR count). The molecular formula is C8H7N5O2. The van der Waals surface area contributed by atoms with Crippen molar-refractivity contribution in [2.45, 2.75) is 0 Å². The van der Waals surface area contributed by atoms with Crippen LogP contribution < -0.4 is 5.43 Å². The molecule has 1 heterocycles. The van der Waals surface area contributed by atoms with Crippen molar-refractivity contribution in [3.05, 3.63) is 46.8 Å². The quantitative estimate of drug-likeness (QED) is 0.598. The summed E-state index contributed by atoms with van der Waals surface area (Å²) in [5, 5.41) is 18.0. The van der Waals surface area contributed by atoms with Gasteiger partial charge in [0.15, 0.2) is 0 Å². The second-order valence-corrected chi connectivity index (χ2v) is 2.73. The zero-order chi connectivity index (χ0) is 10.7. The molecular weight excluding hydrogens is 198 g/mol. The number of non-ortho nitro benzene ring substituents is 1. The van der Waals surface area contributed by atoms with E-state index >= 15 is 0 Å². The summed E-state index contributed by atoms with van der Waals surface area (Å²) in [4.78, 5) is 11.2. The van der Waals surface area contributed by atoms with Gasteiger partial charge in [-0.15, -0.1) is 10.2 Å². The Morgan fingerprint density at radius 1 is 1.20 bits per heavy atom. The van der Waals surface area contributed by atoms with E-state index in [9.17, 15) is 10.1 Å². The van der Waals surface area contributed by atoms with Crippen LogP contribution in [0.5, 0.6) is 0 Å². The average Bonchev–Trinajstić information content (AvgIpc) is 2.71. The molecule has 15 heavy (non-hydrogen) atoms. The van der Waals surface area contributed by atoms with E-state index < -0.39 is 4.92 Å². The van der Waals surface area contributed by atoms with Crippen molar-refractivity contribution < 1.29 is 4.92 Å². The van der Waals surface area contributed by atoms with Crippen LogP contribution in [0, 0.1) is 10.1 Å². The van der Waals surface area contributed by atoms with Crippen molar-refractivity contribution in [2.75, 3.05) is 5.43 Å². The van der Waals surface area contributed by atoms with Gasteiger partial charge >= 0.3 is 0 Å². The lowest BCUT2D eigenvalue weighted by Crippen LogP contribution is -2.12. The number of benzene rings is 1. The third-order valence-corrected chi connectivity index (χ3v) is 1.73. The van der Waals surface area contributed by atoms with E-state index in [1.807, 2.05) is 0 Å². The number of nitro benzene ring substituents is 1. The maximum Gasteiger partial charge on any atom is 0.269 e. The molecule has 7 heteroatoms. The molecule has 0 atom stereocenters. The molecule has 1 aromatic heterocycles. The number of nitrogens with one attached hydrogen (secondary N) is 1. The maximum atomic E-state index is 10.4. The van der Waals surface area contributed by atoms with E-state index in [4.69, 9.17) is 0 Å². The standard InChI is InChI=1S/C8H7N5O2/c14-12(15)8-3-1-7(2-4-8)11-13-9-5-6-10-13/h1-6,11H. The highest BCUT2D eigenvalue weighted by Gasteiger charge is 2.03. The van der Waals surface area contributed by atoms with Crippen LogP contribution in [0.1, 0.15) is 0 Å². The fourth-order valence-electron chi connectivity index (χ4n) is 1.05. The summed E-state index contributed by atoms with van der Waals surface area (Å²) >= 11 is 0. The molecule has 1 aromatic carbocycles. The molecule has 0 amide bonds. The van der Waals surface area contributed by atoms with Gasteiger partial charge < -0.3 is 0 Å². The topological polar surface area (TPSA) is 85.9 Å². The summed E-state index contributed by atoms with van der Waals surface area (Å²) < 4.78 is 0. The molecule has 0 bridgehead atoms. The SMILES string of the molecule is O=[N+]([O-])c1ccc(Nn2nccn2)cc1. The third-order valence-electron chi connectivity index (χ3n) is 1.73. The first-order valence-corrected chi connectivity index (χ1v) is 4.13. The van der Waals surface area contributed by atoms with Gasteiger partial charge in [-0.25, -0.2) is 0 Å². The summed E-state index contributed by atoms with van der Waals surface area (Å²) in [6.07, 6.45) is 3.05. The van der Waals surface area contributed by atoms with Crippen LogP contribution in [0.4, 0.5) is 11.4 Å². The monoisotopic (exact) mass is 205 g/mol. The molecule has 76 valence electrons. The lowest BCUT2D eigenvalue weighted by Gasteiger charge is -2.02. The Balaban J connectivity index is 2.14. The Hall–Kier alpha value is -2.44. The lowest BCUT2D eigenvalue weighted by atomic mass is 10.3. The highest BCUT2D eigenvalue weighted by Crippen LogP contribution is 2.14. The lowest BCUT2D eigenvalue weighted by molar-refractivity contribution is -0.384. The van der Waals surface area contributed by atoms with Gasteiger partial charge in [0.05, 0.1) is 23.0 Å². The number of anilines is 1. The van der Waals surface area contributed by atoms with Gasteiger partial charge in [-0.1, -0.05) is 4.91 Å². The first-order chi connectivity index (χ1) is 7.25. The van der Waals surface area contributed by atoms with Crippen LogP contribution in [0.15, 0.2) is 36.7 Å². The highest BCUT2D eigenvalue weighted by molar-refractivity contribution is 5.47. The summed E-state index contributed by atoms with van der Waals surface area (Å²) in [6.45, 7) is 0. The Kier molecular flexibility index (Phi) is 2.28. The number of hydrogen-bond donors (Lipinski definition) is 1. The van der Waals surface area contributed by atoms with Crippen LogP contribution >= 0.6 is 0 Å².